The molecule has 1 aromatic heterocycles. The number of nitrogens with zero attached hydrogens (tertiary/aromatic N) is 1. The highest BCUT2D eigenvalue weighted by Gasteiger charge is 2.33. The molecule has 1 aromatic carbocycles. The van der Waals surface area contributed by atoms with E-state index in [4.69, 9.17) is 21.1 Å². The number of carbonyl (C=O) groups is 2. The van der Waals surface area contributed by atoms with Gasteiger partial charge in [-0.1, -0.05) is 11.6 Å². The van der Waals surface area contributed by atoms with Gasteiger partial charge in [0.2, 0.25) is 0 Å². The molecule has 0 atom stereocenters. The van der Waals surface area contributed by atoms with E-state index < -0.39 is 17.7 Å². The third kappa shape index (κ3) is 4.44. The second-order valence-electron chi connectivity index (χ2n) is 5.90. The Balaban J connectivity index is 2.09. The van der Waals surface area contributed by atoms with Gasteiger partial charge in [0.15, 0.2) is 0 Å². The van der Waals surface area contributed by atoms with Crippen molar-refractivity contribution in [3.8, 4) is 0 Å². The number of amides is 1. The van der Waals surface area contributed by atoms with Crippen LogP contribution in [0, 0.1) is 8.70 Å². The number of hydrogen-bond acceptors (Lipinski definition) is 5. The maximum Gasteiger partial charge on any atom is 0.350 e. The first-order chi connectivity index (χ1) is 12.9. The number of rotatable bonds is 4. The molecule has 0 bridgehead atoms. The molecule has 1 saturated heterocycles. The molecule has 3 rings (SSSR count). The van der Waals surface area contributed by atoms with Crippen LogP contribution in [-0.4, -0.2) is 38.2 Å². The quantitative estimate of drug-likeness (QED) is 0.428. The molecule has 0 N–H and O–H groups in total. The van der Waals surface area contributed by atoms with Gasteiger partial charge in [0.25, 0.3) is 5.91 Å². The number of methoxy groups -OCH3 is 1. The van der Waals surface area contributed by atoms with Gasteiger partial charge in [0, 0.05) is 24.3 Å². The van der Waals surface area contributed by atoms with Crippen LogP contribution in [0.2, 0.25) is 5.02 Å². The van der Waals surface area contributed by atoms with Gasteiger partial charge in [-0.2, -0.15) is 0 Å². The van der Waals surface area contributed by atoms with E-state index in [-0.39, 0.29) is 16.6 Å². The van der Waals surface area contributed by atoms with Crippen LogP contribution in [0.4, 0.5) is 10.1 Å². The zero-order chi connectivity index (χ0) is 19.6. The smallest absolute Gasteiger partial charge is 0.350 e. The van der Waals surface area contributed by atoms with E-state index in [1.165, 1.54) is 35.5 Å². The summed E-state index contributed by atoms with van der Waals surface area (Å²) in [6.45, 7) is 0.985. The molecule has 0 aliphatic carbocycles. The average molecular weight is 524 g/mol. The second-order valence-corrected chi connectivity index (χ2v) is 9.28. The first-order valence-electron chi connectivity index (χ1n) is 8.16. The second kappa shape index (κ2) is 8.85. The van der Waals surface area contributed by atoms with Crippen molar-refractivity contribution >= 4 is 63.1 Å². The SMILES string of the molecule is COC(=O)c1sc(I)cc1N(C(=O)c1ccc(Cl)cc1F)C1CCOCC1. The fraction of sp³-hybridized carbons (Fsp3) is 0.333. The number of halogens is 3. The van der Waals surface area contributed by atoms with Gasteiger partial charge >= 0.3 is 5.97 Å². The first-order valence-corrected chi connectivity index (χ1v) is 10.4. The summed E-state index contributed by atoms with van der Waals surface area (Å²) in [4.78, 5) is 27.4. The topological polar surface area (TPSA) is 55.8 Å². The van der Waals surface area contributed by atoms with Crippen LogP contribution in [0.3, 0.4) is 0 Å². The van der Waals surface area contributed by atoms with Crippen molar-refractivity contribution in [2.24, 2.45) is 0 Å². The summed E-state index contributed by atoms with van der Waals surface area (Å²) in [5, 5.41) is 0.210. The fourth-order valence-electron chi connectivity index (χ4n) is 2.98. The zero-order valence-corrected chi connectivity index (χ0v) is 18.1. The minimum atomic E-state index is -0.700. The van der Waals surface area contributed by atoms with Crippen molar-refractivity contribution in [3.63, 3.8) is 0 Å². The van der Waals surface area contributed by atoms with E-state index in [1.54, 1.807) is 6.07 Å². The summed E-state index contributed by atoms with van der Waals surface area (Å²) >= 11 is 9.13. The van der Waals surface area contributed by atoms with Crippen molar-refractivity contribution in [2.45, 2.75) is 18.9 Å². The number of ether oxygens (including phenoxy) is 2. The molecule has 27 heavy (non-hydrogen) atoms. The Morgan fingerprint density at radius 3 is 2.67 bits per heavy atom. The summed E-state index contributed by atoms with van der Waals surface area (Å²) in [6, 6.07) is 5.48. The Morgan fingerprint density at radius 2 is 2.04 bits per heavy atom. The summed E-state index contributed by atoms with van der Waals surface area (Å²) in [7, 11) is 1.29. The third-order valence-corrected chi connectivity index (χ3v) is 6.35. The number of carbonyl (C=O) groups excluding carboxylic acids is 2. The number of thiophene rings is 1. The lowest BCUT2D eigenvalue weighted by molar-refractivity contribution is 0.0606. The van der Waals surface area contributed by atoms with Crippen molar-refractivity contribution < 1.29 is 23.5 Å². The standard InChI is InChI=1S/C18H16ClFINO4S/c1-25-18(24)16-14(9-15(21)27-16)22(11-4-6-26-7-5-11)17(23)12-3-2-10(19)8-13(12)20/h2-3,8-9,11H,4-7H2,1H3. The third-order valence-electron chi connectivity index (χ3n) is 4.25. The molecule has 0 spiro atoms. The predicted molar refractivity (Wildman–Crippen MR) is 110 cm³/mol. The van der Waals surface area contributed by atoms with E-state index in [1.807, 2.05) is 0 Å². The average Bonchev–Trinajstić information content (AvgIpc) is 3.03. The van der Waals surface area contributed by atoms with Crippen LogP contribution in [0.1, 0.15) is 32.9 Å². The van der Waals surface area contributed by atoms with Gasteiger partial charge in [0.1, 0.15) is 10.7 Å². The Hall–Kier alpha value is -1.23. The predicted octanol–water partition coefficient (Wildman–Crippen LogP) is 4.76. The van der Waals surface area contributed by atoms with Gasteiger partial charge in [0.05, 0.1) is 21.2 Å². The summed E-state index contributed by atoms with van der Waals surface area (Å²) < 4.78 is 25.5. The molecule has 2 aromatic rings. The van der Waals surface area contributed by atoms with Crippen molar-refractivity contribution in [1.29, 1.82) is 0 Å². The Labute approximate surface area is 178 Å². The molecule has 1 aliphatic heterocycles. The minimum absolute atomic E-state index is 0.0945. The molecular weight excluding hydrogens is 508 g/mol. The van der Waals surface area contributed by atoms with Gasteiger partial charge in [-0.3, -0.25) is 4.79 Å². The highest BCUT2D eigenvalue weighted by atomic mass is 127. The fourth-order valence-corrected chi connectivity index (χ4v) is 4.89. The van der Waals surface area contributed by atoms with Gasteiger partial charge < -0.3 is 14.4 Å². The first kappa shape index (κ1) is 20.5. The van der Waals surface area contributed by atoms with Gasteiger partial charge in [-0.15, -0.1) is 11.3 Å². The number of esters is 1. The Bertz CT molecular complexity index is 869. The normalized spacial score (nSPS) is 14.8. The molecule has 144 valence electrons. The van der Waals surface area contributed by atoms with Crippen LogP contribution in [-0.2, 0) is 9.47 Å². The molecule has 1 fully saturated rings. The zero-order valence-electron chi connectivity index (χ0n) is 14.3. The molecule has 9 heteroatoms. The number of hydrogen-bond donors (Lipinski definition) is 0. The molecular formula is C18H16ClFINO4S. The Kier molecular flexibility index (Phi) is 6.72. The molecule has 2 heterocycles. The number of benzene rings is 1. The van der Waals surface area contributed by atoms with E-state index in [0.717, 1.165) is 8.95 Å². The highest BCUT2D eigenvalue weighted by molar-refractivity contribution is 14.1. The van der Waals surface area contributed by atoms with Gasteiger partial charge in [-0.25, -0.2) is 9.18 Å². The van der Waals surface area contributed by atoms with Crippen LogP contribution < -0.4 is 4.90 Å². The van der Waals surface area contributed by atoms with Crippen molar-refractivity contribution in [1.82, 2.24) is 0 Å². The Morgan fingerprint density at radius 1 is 1.33 bits per heavy atom. The van der Waals surface area contributed by atoms with E-state index >= 15 is 0 Å². The maximum atomic E-state index is 14.4. The van der Waals surface area contributed by atoms with E-state index in [2.05, 4.69) is 22.6 Å². The lowest BCUT2D eigenvalue weighted by atomic mass is 10.0. The molecule has 0 unspecified atom stereocenters. The number of anilines is 1. The minimum Gasteiger partial charge on any atom is -0.465 e. The summed E-state index contributed by atoms with van der Waals surface area (Å²) in [5.41, 5.74) is 0.338. The van der Waals surface area contributed by atoms with Crippen molar-refractivity contribution in [2.75, 3.05) is 25.2 Å². The van der Waals surface area contributed by atoms with Crippen LogP contribution in [0.5, 0.6) is 0 Å². The van der Waals surface area contributed by atoms with E-state index in [9.17, 15) is 14.0 Å². The molecule has 0 saturated carbocycles. The lowest BCUT2D eigenvalue weighted by Gasteiger charge is -2.34. The van der Waals surface area contributed by atoms with Crippen LogP contribution >= 0.6 is 45.5 Å². The monoisotopic (exact) mass is 523 g/mol. The maximum absolute atomic E-state index is 14.4. The molecule has 0 radical (unpaired) electrons. The summed E-state index contributed by atoms with van der Waals surface area (Å²) in [6.07, 6.45) is 1.18. The van der Waals surface area contributed by atoms with Crippen LogP contribution in [0.15, 0.2) is 24.3 Å². The van der Waals surface area contributed by atoms with Crippen molar-refractivity contribution in [3.05, 3.63) is 48.4 Å². The van der Waals surface area contributed by atoms with Crippen LogP contribution in [0.25, 0.3) is 0 Å². The van der Waals surface area contributed by atoms with E-state index in [0.29, 0.717) is 36.6 Å². The summed E-state index contributed by atoms with van der Waals surface area (Å²) in [5.74, 6) is -1.75. The molecule has 1 aliphatic rings. The molecule has 5 nitrogen and oxygen atoms in total. The molecule has 1 amide bonds. The highest BCUT2D eigenvalue weighted by Crippen LogP contribution is 2.36. The van der Waals surface area contributed by atoms with Gasteiger partial charge in [-0.05, 0) is 59.7 Å². The largest absolute Gasteiger partial charge is 0.465 e. The lowest BCUT2D eigenvalue weighted by Crippen LogP contribution is -2.44.